The smallest absolute Gasteiger partial charge is 0.352 e. The van der Waals surface area contributed by atoms with Gasteiger partial charge in [0.15, 0.2) is 0 Å². The van der Waals surface area contributed by atoms with Crippen molar-refractivity contribution in [2.24, 2.45) is 0 Å². The van der Waals surface area contributed by atoms with Gasteiger partial charge >= 0.3 is 5.69 Å². The zero-order valence-electron chi connectivity index (χ0n) is 16.0. The Bertz CT molecular complexity index is 957. The van der Waals surface area contributed by atoms with Crippen molar-refractivity contribution in [3.63, 3.8) is 0 Å². The van der Waals surface area contributed by atoms with Gasteiger partial charge in [0.2, 0.25) is 21.7 Å². The lowest BCUT2D eigenvalue weighted by atomic mass is 10.1. The lowest BCUT2D eigenvalue weighted by Gasteiger charge is -2.20. The molecule has 2 heterocycles. The molecule has 1 aromatic carbocycles. The summed E-state index contributed by atoms with van der Waals surface area (Å²) in [7, 11) is -3.47. The molecule has 1 aliphatic heterocycles. The first-order chi connectivity index (χ1) is 13.9. The van der Waals surface area contributed by atoms with Crippen LogP contribution < -0.4 is 11.1 Å². The number of nitrogens with one attached hydrogen (secondary N) is 1. The fourth-order valence-corrected chi connectivity index (χ4v) is 4.80. The number of nitro groups is 1. The summed E-state index contributed by atoms with van der Waals surface area (Å²) in [4.78, 5) is 18.3. The number of benzene rings is 1. The predicted molar refractivity (Wildman–Crippen MR) is 109 cm³/mol. The average molecular weight is 420 g/mol. The summed E-state index contributed by atoms with van der Waals surface area (Å²) in [5.74, 6) is -0.140. The van der Waals surface area contributed by atoms with Gasteiger partial charge in [0.25, 0.3) is 0 Å². The molecular formula is C18H24N6O4S. The Morgan fingerprint density at radius 1 is 1.10 bits per heavy atom. The topological polar surface area (TPSA) is 144 Å². The highest BCUT2D eigenvalue weighted by atomic mass is 32.2. The van der Waals surface area contributed by atoms with Gasteiger partial charge in [-0.25, -0.2) is 18.4 Å². The summed E-state index contributed by atoms with van der Waals surface area (Å²) in [5, 5.41) is 14.0. The maximum absolute atomic E-state index is 12.8. The lowest BCUT2D eigenvalue weighted by Crippen LogP contribution is -2.31. The molecule has 0 spiro atoms. The fourth-order valence-electron chi connectivity index (χ4n) is 3.29. The number of nitrogen functional groups attached to an aromatic ring is 1. The first kappa shape index (κ1) is 20.9. The first-order valence-corrected chi connectivity index (χ1v) is 10.9. The molecule has 10 nitrogen and oxygen atoms in total. The molecule has 0 amide bonds. The Hall–Kier alpha value is -2.79. The molecule has 3 rings (SSSR count). The first-order valence-electron chi connectivity index (χ1n) is 9.47. The molecule has 0 radical (unpaired) electrons. The van der Waals surface area contributed by atoms with E-state index in [1.807, 2.05) is 0 Å². The molecule has 0 aliphatic carbocycles. The van der Waals surface area contributed by atoms with E-state index in [9.17, 15) is 18.5 Å². The lowest BCUT2D eigenvalue weighted by molar-refractivity contribution is -0.383. The molecule has 11 heteroatoms. The SMILES string of the molecule is Nc1ncnc(NCCc2ccc(S(=O)(=O)N3CCCCCC3)cc2)c1[N+](=O)[O-]. The van der Waals surface area contributed by atoms with Gasteiger partial charge in [-0.05, 0) is 37.0 Å². The third-order valence-corrected chi connectivity index (χ3v) is 6.78. The van der Waals surface area contributed by atoms with Crippen molar-refractivity contribution in [3.8, 4) is 0 Å². The zero-order valence-corrected chi connectivity index (χ0v) is 16.8. The van der Waals surface area contributed by atoms with Crippen molar-refractivity contribution < 1.29 is 13.3 Å². The van der Waals surface area contributed by atoms with E-state index >= 15 is 0 Å². The number of hydrogen-bond acceptors (Lipinski definition) is 8. The number of aromatic nitrogens is 2. The molecule has 1 aliphatic rings. The molecule has 1 saturated heterocycles. The number of anilines is 2. The van der Waals surface area contributed by atoms with E-state index in [0.29, 0.717) is 26.1 Å². The van der Waals surface area contributed by atoms with Crippen molar-refractivity contribution in [1.82, 2.24) is 14.3 Å². The molecule has 156 valence electrons. The van der Waals surface area contributed by atoms with Gasteiger partial charge in [-0.1, -0.05) is 25.0 Å². The monoisotopic (exact) mass is 420 g/mol. The van der Waals surface area contributed by atoms with E-state index < -0.39 is 14.9 Å². The molecule has 0 unspecified atom stereocenters. The van der Waals surface area contributed by atoms with Crippen LogP contribution in [0.2, 0.25) is 0 Å². The standard InChI is InChI=1S/C18H24N6O4S/c19-17-16(24(25)26)18(22-13-21-17)20-10-9-14-5-7-15(8-6-14)29(27,28)23-11-3-1-2-4-12-23/h5-8,13H,1-4,9-12H2,(H3,19,20,21,22). The Morgan fingerprint density at radius 2 is 1.76 bits per heavy atom. The minimum atomic E-state index is -3.47. The predicted octanol–water partition coefficient (Wildman–Crippen LogP) is 2.19. The largest absolute Gasteiger partial charge is 0.378 e. The molecule has 29 heavy (non-hydrogen) atoms. The van der Waals surface area contributed by atoms with Crippen molar-refractivity contribution in [2.75, 3.05) is 30.7 Å². The number of nitrogens with zero attached hydrogens (tertiary/aromatic N) is 4. The van der Waals surface area contributed by atoms with Crippen LogP contribution in [0.1, 0.15) is 31.2 Å². The zero-order chi connectivity index (χ0) is 20.9. The van der Waals surface area contributed by atoms with Crippen LogP contribution in [0.4, 0.5) is 17.3 Å². The van der Waals surface area contributed by atoms with Gasteiger partial charge in [-0.15, -0.1) is 0 Å². The van der Waals surface area contributed by atoms with Gasteiger partial charge in [0.1, 0.15) is 6.33 Å². The third-order valence-electron chi connectivity index (χ3n) is 4.87. The summed E-state index contributed by atoms with van der Waals surface area (Å²) < 4.78 is 27.2. The number of sulfonamides is 1. The van der Waals surface area contributed by atoms with Crippen LogP contribution in [0, 0.1) is 10.1 Å². The molecule has 1 aromatic heterocycles. The third kappa shape index (κ3) is 4.98. The minimum Gasteiger partial charge on any atom is -0.378 e. The fraction of sp³-hybridized carbons (Fsp3) is 0.444. The maximum atomic E-state index is 12.8. The van der Waals surface area contributed by atoms with Gasteiger partial charge in [0, 0.05) is 19.6 Å². The van der Waals surface area contributed by atoms with Crippen LogP contribution in [-0.4, -0.2) is 47.2 Å². The summed E-state index contributed by atoms with van der Waals surface area (Å²) in [6.07, 6.45) is 5.60. The van der Waals surface area contributed by atoms with Crippen LogP contribution in [0.5, 0.6) is 0 Å². The van der Waals surface area contributed by atoms with Gasteiger partial charge in [-0.2, -0.15) is 4.31 Å². The summed E-state index contributed by atoms with van der Waals surface area (Å²) in [6.45, 7) is 1.50. The second kappa shape index (κ2) is 9.14. The molecule has 0 bridgehead atoms. The van der Waals surface area contributed by atoms with Crippen LogP contribution >= 0.6 is 0 Å². The molecule has 1 fully saturated rings. The highest BCUT2D eigenvalue weighted by molar-refractivity contribution is 7.89. The number of rotatable bonds is 7. The Balaban J connectivity index is 1.63. The van der Waals surface area contributed by atoms with E-state index in [1.54, 1.807) is 28.6 Å². The number of nitrogens with two attached hydrogens (primary N) is 1. The summed E-state index contributed by atoms with van der Waals surface area (Å²) in [5.41, 5.74) is 6.08. The van der Waals surface area contributed by atoms with Crippen LogP contribution in [0.3, 0.4) is 0 Å². The second-order valence-corrected chi connectivity index (χ2v) is 8.79. The highest BCUT2D eigenvalue weighted by Crippen LogP contribution is 2.26. The van der Waals surface area contributed by atoms with E-state index in [0.717, 1.165) is 37.6 Å². The molecule has 2 aromatic rings. The van der Waals surface area contributed by atoms with E-state index in [4.69, 9.17) is 5.73 Å². The van der Waals surface area contributed by atoms with Gasteiger partial charge in [-0.3, -0.25) is 10.1 Å². The van der Waals surface area contributed by atoms with E-state index in [2.05, 4.69) is 15.3 Å². The van der Waals surface area contributed by atoms with Crippen LogP contribution in [-0.2, 0) is 16.4 Å². The van der Waals surface area contributed by atoms with Crippen molar-refractivity contribution in [2.45, 2.75) is 37.0 Å². The normalized spacial score (nSPS) is 15.6. The van der Waals surface area contributed by atoms with Crippen LogP contribution in [0.15, 0.2) is 35.5 Å². The summed E-state index contributed by atoms with van der Waals surface area (Å²) in [6, 6.07) is 6.74. The minimum absolute atomic E-state index is 0.0582. The van der Waals surface area contributed by atoms with Crippen molar-refractivity contribution in [3.05, 3.63) is 46.3 Å². The Kier molecular flexibility index (Phi) is 6.60. The Labute approximate surface area is 169 Å². The molecule has 0 atom stereocenters. The molecule has 3 N–H and O–H groups in total. The second-order valence-electron chi connectivity index (χ2n) is 6.85. The van der Waals surface area contributed by atoms with Gasteiger partial charge < -0.3 is 11.1 Å². The average Bonchev–Trinajstić information content (AvgIpc) is 2.98. The molecule has 0 saturated carbocycles. The van der Waals surface area contributed by atoms with Gasteiger partial charge in [0.05, 0.1) is 9.82 Å². The van der Waals surface area contributed by atoms with E-state index in [-0.39, 0.29) is 22.2 Å². The summed E-state index contributed by atoms with van der Waals surface area (Å²) >= 11 is 0. The maximum Gasteiger partial charge on any atom is 0.352 e. The van der Waals surface area contributed by atoms with Crippen LogP contribution in [0.25, 0.3) is 0 Å². The molecular weight excluding hydrogens is 396 g/mol. The van der Waals surface area contributed by atoms with Crippen molar-refractivity contribution in [1.29, 1.82) is 0 Å². The van der Waals surface area contributed by atoms with E-state index in [1.165, 1.54) is 0 Å². The Morgan fingerprint density at radius 3 is 2.38 bits per heavy atom. The quantitative estimate of drug-likeness (QED) is 0.512. The highest BCUT2D eigenvalue weighted by Gasteiger charge is 2.25. The van der Waals surface area contributed by atoms with Crippen molar-refractivity contribution >= 4 is 27.3 Å². The number of hydrogen-bond donors (Lipinski definition) is 2.